The minimum atomic E-state index is -1.17. The molecule has 178 valence electrons. The van der Waals surface area contributed by atoms with Crippen molar-refractivity contribution in [2.24, 2.45) is 0 Å². The van der Waals surface area contributed by atoms with E-state index >= 15 is 0 Å². The molecule has 1 saturated heterocycles. The van der Waals surface area contributed by atoms with Gasteiger partial charge < -0.3 is 30.7 Å². The molecule has 5 N–H and O–H groups in total. The number of nitrogen functional groups attached to an aromatic ring is 1. The molecular weight excluding hydrogens is 440 g/mol. The number of benzene rings is 2. The van der Waals surface area contributed by atoms with E-state index in [-0.39, 0.29) is 17.9 Å². The third-order valence-corrected chi connectivity index (χ3v) is 5.78. The predicted octanol–water partition coefficient (Wildman–Crippen LogP) is 0.688. The van der Waals surface area contributed by atoms with Crippen molar-refractivity contribution in [3.63, 3.8) is 0 Å². The molecule has 4 rings (SSSR count). The minimum absolute atomic E-state index is 0.0269. The van der Waals surface area contributed by atoms with Crippen LogP contribution in [0.3, 0.4) is 0 Å². The molecule has 0 bridgehead atoms. The smallest absolute Gasteiger partial charge is 0.351 e. The van der Waals surface area contributed by atoms with Gasteiger partial charge in [-0.2, -0.15) is 4.98 Å². The van der Waals surface area contributed by atoms with Gasteiger partial charge in [0.2, 0.25) is 0 Å². The SMILES string of the molecule is CO[C@@H]1[C@@H](O)[C@@H](CO)O[C@H]1n1cc(C(=O)NCc2ccc(-c3ccccc3)cc2)c(N)nc1=O. The van der Waals surface area contributed by atoms with E-state index in [2.05, 4.69) is 10.3 Å². The van der Waals surface area contributed by atoms with Crippen molar-refractivity contribution in [1.82, 2.24) is 14.9 Å². The van der Waals surface area contributed by atoms with E-state index in [0.29, 0.717) is 0 Å². The summed E-state index contributed by atoms with van der Waals surface area (Å²) in [6, 6.07) is 17.7. The number of nitrogens with two attached hydrogens (primary N) is 1. The van der Waals surface area contributed by atoms with Crippen LogP contribution in [0.4, 0.5) is 5.82 Å². The lowest BCUT2D eigenvalue weighted by atomic mass is 10.0. The van der Waals surface area contributed by atoms with Crippen molar-refractivity contribution in [1.29, 1.82) is 0 Å². The van der Waals surface area contributed by atoms with Gasteiger partial charge in [-0.15, -0.1) is 0 Å². The first-order valence-corrected chi connectivity index (χ1v) is 10.7. The van der Waals surface area contributed by atoms with Crippen LogP contribution >= 0.6 is 0 Å². The highest BCUT2D eigenvalue weighted by Gasteiger charge is 2.45. The zero-order valence-corrected chi connectivity index (χ0v) is 18.5. The number of hydrogen-bond donors (Lipinski definition) is 4. The summed E-state index contributed by atoms with van der Waals surface area (Å²) in [5.41, 5.74) is 8.07. The molecule has 34 heavy (non-hydrogen) atoms. The molecule has 1 fully saturated rings. The van der Waals surface area contributed by atoms with Gasteiger partial charge in [0, 0.05) is 19.9 Å². The molecule has 0 spiro atoms. The maximum Gasteiger partial charge on any atom is 0.351 e. The molecule has 10 heteroatoms. The Labute approximate surface area is 195 Å². The van der Waals surface area contributed by atoms with Crippen LogP contribution in [0.15, 0.2) is 65.6 Å². The Bertz CT molecular complexity index is 1200. The molecule has 4 atom stereocenters. The summed E-state index contributed by atoms with van der Waals surface area (Å²) in [7, 11) is 1.34. The highest BCUT2D eigenvalue weighted by Crippen LogP contribution is 2.30. The number of nitrogens with one attached hydrogen (secondary N) is 1. The zero-order chi connectivity index (χ0) is 24.2. The zero-order valence-electron chi connectivity index (χ0n) is 18.5. The second-order valence-electron chi connectivity index (χ2n) is 7.91. The number of amides is 1. The number of aliphatic hydroxyl groups is 2. The van der Waals surface area contributed by atoms with Crippen LogP contribution in [-0.4, -0.2) is 57.7 Å². The first-order valence-electron chi connectivity index (χ1n) is 10.7. The standard InChI is InChI=1S/C24H26N4O6/c1-33-20-19(30)18(13-29)34-23(20)28-12-17(21(25)27-24(28)32)22(31)26-11-14-7-9-16(10-8-14)15-5-3-2-4-6-15/h2-10,12,18-20,23,29-30H,11,13H2,1H3,(H,26,31)(H2,25,27,32)/t18-,19+,20-,23-/m1/s1. The number of ether oxygens (including phenoxy) is 2. The molecule has 10 nitrogen and oxygen atoms in total. The first kappa shape index (κ1) is 23.6. The summed E-state index contributed by atoms with van der Waals surface area (Å²) < 4.78 is 11.9. The Morgan fingerprint density at radius 2 is 1.85 bits per heavy atom. The van der Waals surface area contributed by atoms with Crippen molar-refractivity contribution < 1.29 is 24.5 Å². The van der Waals surface area contributed by atoms with Crippen LogP contribution in [0, 0.1) is 0 Å². The fourth-order valence-electron chi connectivity index (χ4n) is 3.91. The maximum absolute atomic E-state index is 12.8. The van der Waals surface area contributed by atoms with Gasteiger partial charge in [-0.3, -0.25) is 9.36 Å². The average Bonchev–Trinajstić information content (AvgIpc) is 3.18. The van der Waals surface area contributed by atoms with Crippen LogP contribution in [0.5, 0.6) is 0 Å². The molecule has 0 saturated carbocycles. The van der Waals surface area contributed by atoms with Gasteiger partial charge in [-0.05, 0) is 16.7 Å². The van der Waals surface area contributed by atoms with Gasteiger partial charge in [0.25, 0.3) is 5.91 Å². The Hall–Kier alpha value is -3.57. The molecule has 2 heterocycles. The van der Waals surface area contributed by atoms with Gasteiger partial charge in [0.1, 0.15) is 24.1 Å². The number of anilines is 1. The Morgan fingerprint density at radius 1 is 1.18 bits per heavy atom. The van der Waals surface area contributed by atoms with Gasteiger partial charge >= 0.3 is 5.69 Å². The third kappa shape index (κ3) is 4.70. The van der Waals surface area contributed by atoms with E-state index in [4.69, 9.17) is 15.2 Å². The summed E-state index contributed by atoms with van der Waals surface area (Å²) in [6.45, 7) is -0.233. The molecule has 1 aromatic heterocycles. The second kappa shape index (κ2) is 10.1. The molecule has 0 radical (unpaired) electrons. The molecule has 3 aromatic rings. The lowest BCUT2D eigenvalue weighted by Gasteiger charge is -2.21. The Morgan fingerprint density at radius 3 is 2.50 bits per heavy atom. The third-order valence-electron chi connectivity index (χ3n) is 5.78. The number of carbonyl (C=O) groups is 1. The molecule has 1 amide bonds. The number of methoxy groups -OCH3 is 1. The second-order valence-corrected chi connectivity index (χ2v) is 7.91. The lowest BCUT2D eigenvalue weighted by molar-refractivity contribution is -0.0625. The van der Waals surface area contributed by atoms with Crippen LogP contribution < -0.4 is 16.7 Å². The summed E-state index contributed by atoms with van der Waals surface area (Å²) >= 11 is 0. The highest BCUT2D eigenvalue weighted by molar-refractivity contribution is 5.97. The number of nitrogens with zero attached hydrogens (tertiary/aromatic N) is 2. The molecule has 0 unspecified atom stereocenters. The van der Waals surface area contributed by atoms with Crippen molar-refractivity contribution >= 4 is 11.7 Å². The number of carbonyl (C=O) groups excluding carboxylic acids is 1. The maximum atomic E-state index is 12.8. The van der Waals surface area contributed by atoms with E-state index in [9.17, 15) is 19.8 Å². The summed E-state index contributed by atoms with van der Waals surface area (Å²) in [5, 5.41) is 22.4. The van der Waals surface area contributed by atoms with Gasteiger partial charge in [0.05, 0.1) is 12.2 Å². The highest BCUT2D eigenvalue weighted by atomic mass is 16.6. The van der Waals surface area contributed by atoms with Crippen molar-refractivity contribution in [2.45, 2.75) is 31.1 Å². The van der Waals surface area contributed by atoms with Crippen LogP contribution in [-0.2, 0) is 16.0 Å². The van der Waals surface area contributed by atoms with E-state index < -0.39 is 42.7 Å². The minimum Gasteiger partial charge on any atom is -0.394 e. The Balaban J connectivity index is 1.50. The largest absolute Gasteiger partial charge is 0.394 e. The predicted molar refractivity (Wildman–Crippen MR) is 124 cm³/mol. The fourth-order valence-corrected chi connectivity index (χ4v) is 3.91. The van der Waals surface area contributed by atoms with Crippen molar-refractivity contribution in [2.75, 3.05) is 19.5 Å². The summed E-state index contributed by atoms with van der Waals surface area (Å²) in [5.74, 6) is -0.762. The van der Waals surface area contributed by atoms with Crippen molar-refractivity contribution in [3.8, 4) is 11.1 Å². The van der Waals surface area contributed by atoms with Gasteiger partial charge in [0.15, 0.2) is 6.23 Å². The van der Waals surface area contributed by atoms with Crippen LogP contribution in [0.25, 0.3) is 11.1 Å². The number of aromatic nitrogens is 2. The molecule has 0 aliphatic carbocycles. The first-order chi connectivity index (χ1) is 16.4. The Kier molecular flexibility index (Phi) is 7.03. The number of rotatable bonds is 7. The van der Waals surface area contributed by atoms with Gasteiger partial charge in [-0.1, -0.05) is 54.6 Å². The van der Waals surface area contributed by atoms with Crippen molar-refractivity contribution in [3.05, 3.63) is 82.4 Å². The average molecular weight is 466 g/mol. The number of aliphatic hydroxyl groups excluding tert-OH is 2. The van der Waals surface area contributed by atoms with Crippen LogP contribution in [0.2, 0.25) is 0 Å². The molecule has 1 aliphatic heterocycles. The van der Waals surface area contributed by atoms with Gasteiger partial charge in [-0.25, -0.2) is 4.79 Å². The normalized spacial score (nSPS) is 22.0. The van der Waals surface area contributed by atoms with Crippen LogP contribution in [0.1, 0.15) is 22.1 Å². The summed E-state index contributed by atoms with van der Waals surface area (Å²) in [6.07, 6.45) is -2.92. The molecule has 1 aliphatic rings. The fraction of sp³-hybridized carbons (Fsp3) is 0.292. The monoisotopic (exact) mass is 466 g/mol. The summed E-state index contributed by atoms with van der Waals surface area (Å²) in [4.78, 5) is 29.0. The van der Waals surface area contributed by atoms with E-state index in [1.807, 2.05) is 54.6 Å². The molecular formula is C24H26N4O6. The van der Waals surface area contributed by atoms with E-state index in [1.54, 1.807) is 0 Å². The number of hydrogen-bond acceptors (Lipinski definition) is 8. The topological polar surface area (TPSA) is 149 Å². The quantitative estimate of drug-likeness (QED) is 0.397. The lowest BCUT2D eigenvalue weighted by Crippen LogP contribution is -2.38. The van der Waals surface area contributed by atoms with E-state index in [1.165, 1.54) is 13.3 Å². The van der Waals surface area contributed by atoms with E-state index in [0.717, 1.165) is 21.3 Å². The molecule has 2 aromatic carbocycles.